The van der Waals surface area contributed by atoms with Crippen LogP contribution in [-0.2, 0) is 5.54 Å². The van der Waals surface area contributed by atoms with Gasteiger partial charge in [-0.25, -0.2) is 4.68 Å². The van der Waals surface area contributed by atoms with Crippen molar-refractivity contribution in [2.75, 3.05) is 6.54 Å². The first-order valence-corrected chi connectivity index (χ1v) is 7.21. The molecule has 0 aliphatic carbocycles. The third-order valence-electron chi connectivity index (χ3n) is 4.05. The van der Waals surface area contributed by atoms with Gasteiger partial charge in [0.05, 0.1) is 16.9 Å². The van der Waals surface area contributed by atoms with Gasteiger partial charge in [0.2, 0.25) is 0 Å². The fourth-order valence-corrected chi connectivity index (χ4v) is 3.23. The summed E-state index contributed by atoms with van der Waals surface area (Å²) in [5.41, 5.74) is 2.56. The predicted octanol–water partition coefficient (Wildman–Crippen LogP) is 3.25. The quantitative estimate of drug-likeness (QED) is 0.909. The number of nitrogens with zero attached hydrogens (tertiary/aromatic N) is 2. The Hall–Kier alpha value is -1.61. The molecule has 1 aromatic heterocycles. The molecule has 0 spiro atoms. The first-order valence-electron chi connectivity index (χ1n) is 7.21. The average Bonchev–Trinajstić information content (AvgIpc) is 3.09. The molecule has 1 fully saturated rings. The van der Waals surface area contributed by atoms with Crippen molar-refractivity contribution in [3.63, 3.8) is 0 Å². The first-order chi connectivity index (χ1) is 9.36. The van der Waals surface area contributed by atoms with Gasteiger partial charge in [-0.1, -0.05) is 31.5 Å². The van der Waals surface area contributed by atoms with Gasteiger partial charge in [0.15, 0.2) is 0 Å². The van der Waals surface area contributed by atoms with E-state index in [1.54, 1.807) is 0 Å². The van der Waals surface area contributed by atoms with Crippen molar-refractivity contribution in [2.24, 2.45) is 0 Å². The lowest BCUT2D eigenvalue weighted by molar-refractivity contribution is 0.337. The molecule has 1 unspecified atom stereocenters. The summed E-state index contributed by atoms with van der Waals surface area (Å²) in [6, 6.07) is 12.6. The Labute approximate surface area is 114 Å². The largest absolute Gasteiger partial charge is 0.306 e. The molecule has 1 atom stereocenters. The zero-order valence-corrected chi connectivity index (χ0v) is 11.5. The van der Waals surface area contributed by atoms with Crippen LogP contribution in [0, 0.1) is 0 Å². The SMILES string of the molecule is CCCC1(c2ccnn2-c2ccccc2)CCCN1. The minimum atomic E-state index is 0.112. The van der Waals surface area contributed by atoms with E-state index in [1.165, 1.54) is 31.4 Å². The number of rotatable bonds is 4. The second kappa shape index (κ2) is 5.17. The van der Waals surface area contributed by atoms with Crippen LogP contribution in [0.3, 0.4) is 0 Å². The Morgan fingerprint density at radius 1 is 1.26 bits per heavy atom. The molecule has 0 saturated carbocycles. The van der Waals surface area contributed by atoms with E-state index in [4.69, 9.17) is 0 Å². The van der Waals surface area contributed by atoms with Crippen molar-refractivity contribution in [3.8, 4) is 5.69 Å². The van der Waals surface area contributed by atoms with Gasteiger partial charge in [-0.2, -0.15) is 5.10 Å². The molecule has 1 aromatic carbocycles. The van der Waals surface area contributed by atoms with Gasteiger partial charge in [-0.05, 0) is 44.0 Å². The zero-order valence-electron chi connectivity index (χ0n) is 11.5. The lowest BCUT2D eigenvalue weighted by Gasteiger charge is -2.30. The molecule has 0 amide bonds. The normalized spacial score (nSPS) is 22.8. The van der Waals surface area contributed by atoms with Crippen molar-refractivity contribution in [3.05, 3.63) is 48.3 Å². The molecule has 0 radical (unpaired) electrons. The molecule has 3 heteroatoms. The summed E-state index contributed by atoms with van der Waals surface area (Å²) in [6.45, 7) is 3.37. The summed E-state index contributed by atoms with van der Waals surface area (Å²) in [6.07, 6.45) is 6.73. The van der Waals surface area contributed by atoms with Crippen LogP contribution in [0.2, 0.25) is 0 Å². The summed E-state index contributed by atoms with van der Waals surface area (Å²) in [7, 11) is 0. The summed E-state index contributed by atoms with van der Waals surface area (Å²) in [5.74, 6) is 0. The third-order valence-corrected chi connectivity index (χ3v) is 4.05. The maximum Gasteiger partial charge on any atom is 0.0649 e. The number of benzene rings is 1. The maximum absolute atomic E-state index is 4.53. The number of nitrogens with one attached hydrogen (secondary N) is 1. The van der Waals surface area contributed by atoms with Crippen molar-refractivity contribution in [2.45, 2.75) is 38.1 Å². The summed E-state index contributed by atoms with van der Waals surface area (Å²) < 4.78 is 2.09. The van der Waals surface area contributed by atoms with Gasteiger partial charge in [-0.3, -0.25) is 0 Å². The second-order valence-corrected chi connectivity index (χ2v) is 5.33. The Kier molecular flexibility index (Phi) is 3.38. The Bertz CT molecular complexity index is 524. The topological polar surface area (TPSA) is 29.9 Å². The minimum Gasteiger partial charge on any atom is -0.306 e. The van der Waals surface area contributed by atoms with E-state index in [0.29, 0.717) is 0 Å². The van der Waals surface area contributed by atoms with E-state index in [9.17, 15) is 0 Å². The van der Waals surface area contributed by atoms with Crippen LogP contribution in [0.5, 0.6) is 0 Å². The van der Waals surface area contributed by atoms with Gasteiger partial charge in [0.25, 0.3) is 0 Å². The third kappa shape index (κ3) is 2.19. The molecule has 100 valence electrons. The second-order valence-electron chi connectivity index (χ2n) is 5.33. The predicted molar refractivity (Wildman–Crippen MR) is 77.4 cm³/mol. The summed E-state index contributed by atoms with van der Waals surface area (Å²) in [4.78, 5) is 0. The molecular formula is C16H21N3. The molecule has 19 heavy (non-hydrogen) atoms. The highest BCUT2D eigenvalue weighted by atomic mass is 15.3. The molecule has 1 N–H and O–H groups in total. The zero-order chi connectivity index (χ0) is 13.1. The van der Waals surface area contributed by atoms with Crippen LogP contribution in [0.15, 0.2) is 42.6 Å². The van der Waals surface area contributed by atoms with Gasteiger partial charge in [0.1, 0.15) is 0 Å². The smallest absolute Gasteiger partial charge is 0.0649 e. The Morgan fingerprint density at radius 3 is 2.79 bits per heavy atom. The van der Waals surface area contributed by atoms with Crippen LogP contribution in [-0.4, -0.2) is 16.3 Å². The van der Waals surface area contributed by atoms with Gasteiger partial charge >= 0.3 is 0 Å². The number of hydrogen-bond acceptors (Lipinski definition) is 2. The standard InChI is InChI=1S/C16H21N3/c1-2-10-16(11-6-12-17-16)15-9-13-18-19(15)14-7-4-3-5-8-14/h3-5,7-9,13,17H,2,6,10-12H2,1H3. The van der Waals surface area contributed by atoms with E-state index in [2.05, 4.69) is 52.4 Å². The lowest BCUT2D eigenvalue weighted by Crippen LogP contribution is -2.38. The molecule has 3 nitrogen and oxygen atoms in total. The van der Waals surface area contributed by atoms with E-state index >= 15 is 0 Å². The first kappa shape index (κ1) is 12.4. The van der Waals surface area contributed by atoms with Crippen LogP contribution in [0.4, 0.5) is 0 Å². The molecule has 1 saturated heterocycles. The summed E-state index contributed by atoms with van der Waals surface area (Å²) in [5, 5.41) is 8.26. The van der Waals surface area contributed by atoms with E-state index in [0.717, 1.165) is 12.2 Å². The maximum atomic E-state index is 4.53. The van der Waals surface area contributed by atoms with Gasteiger partial charge < -0.3 is 5.32 Å². The van der Waals surface area contributed by atoms with Crippen LogP contribution >= 0.6 is 0 Å². The molecule has 2 aromatic rings. The van der Waals surface area contributed by atoms with E-state index < -0.39 is 0 Å². The Balaban J connectivity index is 2.04. The highest BCUT2D eigenvalue weighted by Gasteiger charge is 2.37. The average molecular weight is 255 g/mol. The fraction of sp³-hybridized carbons (Fsp3) is 0.438. The molecule has 3 rings (SSSR count). The number of hydrogen-bond donors (Lipinski definition) is 1. The number of para-hydroxylation sites is 1. The molecule has 1 aliphatic rings. The highest BCUT2D eigenvalue weighted by Crippen LogP contribution is 2.35. The number of aromatic nitrogens is 2. The van der Waals surface area contributed by atoms with E-state index in [-0.39, 0.29) is 5.54 Å². The van der Waals surface area contributed by atoms with E-state index in [1.807, 2.05) is 12.3 Å². The van der Waals surface area contributed by atoms with Crippen LogP contribution in [0.1, 0.15) is 38.3 Å². The van der Waals surface area contributed by atoms with Crippen molar-refractivity contribution >= 4 is 0 Å². The van der Waals surface area contributed by atoms with Crippen molar-refractivity contribution in [1.82, 2.24) is 15.1 Å². The van der Waals surface area contributed by atoms with Crippen molar-refractivity contribution < 1.29 is 0 Å². The van der Waals surface area contributed by atoms with Crippen molar-refractivity contribution in [1.29, 1.82) is 0 Å². The molecule has 2 heterocycles. The summed E-state index contributed by atoms with van der Waals surface area (Å²) >= 11 is 0. The highest BCUT2D eigenvalue weighted by molar-refractivity contribution is 5.34. The monoisotopic (exact) mass is 255 g/mol. The van der Waals surface area contributed by atoms with Crippen LogP contribution in [0.25, 0.3) is 5.69 Å². The molecule has 1 aliphatic heterocycles. The van der Waals surface area contributed by atoms with Gasteiger partial charge in [-0.15, -0.1) is 0 Å². The minimum absolute atomic E-state index is 0.112. The molecule has 0 bridgehead atoms. The Morgan fingerprint density at radius 2 is 2.11 bits per heavy atom. The van der Waals surface area contributed by atoms with Gasteiger partial charge in [0, 0.05) is 6.20 Å². The lowest BCUT2D eigenvalue weighted by atomic mass is 9.88. The fourth-order valence-electron chi connectivity index (χ4n) is 3.23. The van der Waals surface area contributed by atoms with Crippen LogP contribution < -0.4 is 5.32 Å². The molecular weight excluding hydrogens is 234 g/mol.